The number of carbonyl (C=O) groups is 1. The average molecular weight is 604 g/mol. The van der Waals surface area contributed by atoms with E-state index in [1.54, 1.807) is 30.2 Å². The lowest BCUT2D eigenvalue weighted by Crippen LogP contribution is -2.21. The Balaban J connectivity index is 1.49. The summed E-state index contributed by atoms with van der Waals surface area (Å²) in [5.74, 6) is -2.02. The quantitative estimate of drug-likeness (QED) is 0.290. The van der Waals surface area contributed by atoms with E-state index in [1.165, 1.54) is 22.8 Å². The summed E-state index contributed by atoms with van der Waals surface area (Å²) in [5, 5.41) is 5.59. The molecule has 2 aliphatic rings. The molecule has 3 atom stereocenters. The van der Waals surface area contributed by atoms with Crippen LogP contribution in [0.5, 0.6) is 0 Å². The lowest BCUT2D eigenvalue weighted by Gasteiger charge is -2.25. The fourth-order valence-electron chi connectivity index (χ4n) is 5.06. The molecule has 1 aliphatic carbocycles. The summed E-state index contributed by atoms with van der Waals surface area (Å²) in [4.78, 5) is 25.4. The number of alkyl halides is 3. The van der Waals surface area contributed by atoms with Crippen molar-refractivity contribution in [2.24, 2.45) is 13.0 Å². The standard InChI is InChI=1S/C27H28F3N7O4S/c1-36-12-19(31-13-36)14-6-7-17(20(9-14)42(2,39)40)32-18-11-21(34-27(38)15-10-16(15)28)33-25-23(18)35-26(24(29)30)37(25)22-5-3-4-8-41-22/h6-7,9,11-13,15-16,22,24H,3-5,8,10H2,1-2H3,(H2,32,33,34,38)/t15-,16+,22?/m0/s1. The maximum atomic E-state index is 14.3. The number of anilines is 3. The Labute approximate surface area is 239 Å². The maximum absolute atomic E-state index is 14.3. The summed E-state index contributed by atoms with van der Waals surface area (Å²) < 4.78 is 76.6. The minimum Gasteiger partial charge on any atom is -0.358 e. The van der Waals surface area contributed by atoms with Gasteiger partial charge in [0.1, 0.15) is 23.7 Å². The molecule has 1 aliphatic heterocycles. The van der Waals surface area contributed by atoms with Crippen molar-refractivity contribution in [2.45, 2.75) is 49.4 Å². The Morgan fingerprint density at radius 1 is 1.17 bits per heavy atom. The lowest BCUT2D eigenvalue weighted by molar-refractivity contribution is -0.117. The summed E-state index contributed by atoms with van der Waals surface area (Å²) in [6.45, 7) is 0.370. The number of rotatable bonds is 8. The Morgan fingerprint density at radius 2 is 1.95 bits per heavy atom. The molecule has 2 N–H and O–H groups in total. The monoisotopic (exact) mass is 603 g/mol. The fraction of sp³-hybridized carbons (Fsp3) is 0.407. The molecule has 1 aromatic carbocycles. The zero-order valence-corrected chi connectivity index (χ0v) is 23.5. The lowest BCUT2D eigenvalue weighted by atomic mass is 10.1. The number of nitrogens with one attached hydrogen (secondary N) is 2. The molecule has 6 rings (SSSR count). The molecule has 11 nitrogen and oxygen atoms in total. The number of carbonyl (C=O) groups excluding carboxylic acids is 1. The minimum atomic E-state index is -3.79. The molecular formula is C27H28F3N7O4S. The molecule has 15 heteroatoms. The molecule has 4 aromatic rings. The molecule has 0 bridgehead atoms. The molecule has 1 amide bonds. The topological polar surface area (TPSA) is 133 Å². The predicted molar refractivity (Wildman–Crippen MR) is 148 cm³/mol. The van der Waals surface area contributed by atoms with Gasteiger partial charge in [0.2, 0.25) is 5.91 Å². The summed E-state index contributed by atoms with van der Waals surface area (Å²) in [6, 6.07) is 6.05. The molecule has 2 fully saturated rings. The number of nitrogens with zero attached hydrogens (tertiary/aromatic N) is 5. The van der Waals surface area contributed by atoms with Gasteiger partial charge in [-0.1, -0.05) is 6.07 Å². The van der Waals surface area contributed by atoms with E-state index in [0.29, 0.717) is 24.3 Å². The van der Waals surface area contributed by atoms with E-state index >= 15 is 0 Å². The summed E-state index contributed by atoms with van der Waals surface area (Å²) >= 11 is 0. The van der Waals surface area contributed by atoms with E-state index in [1.807, 2.05) is 0 Å². The van der Waals surface area contributed by atoms with Crippen molar-refractivity contribution in [1.29, 1.82) is 0 Å². The number of pyridine rings is 1. The van der Waals surface area contributed by atoms with Crippen molar-refractivity contribution in [2.75, 3.05) is 23.5 Å². The second-order valence-corrected chi connectivity index (χ2v) is 12.6. The first-order valence-electron chi connectivity index (χ1n) is 13.4. The molecule has 0 spiro atoms. The number of amides is 1. The maximum Gasteiger partial charge on any atom is 0.295 e. The van der Waals surface area contributed by atoms with Gasteiger partial charge in [0.25, 0.3) is 6.43 Å². The van der Waals surface area contributed by atoms with E-state index in [9.17, 15) is 26.4 Å². The normalized spacial score (nSPS) is 20.7. The molecule has 1 saturated carbocycles. The number of ether oxygens (including phenoxy) is 1. The number of fused-ring (bicyclic) bond motifs is 1. The van der Waals surface area contributed by atoms with Gasteiger partial charge < -0.3 is 19.9 Å². The van der Waals surface area contributed by atoms with Gasteiger partial charge in [-0.25, -0.2) is 36.5 Å². The molecule has 4 heterocycles. The van der Waals surface area contributed by atoms with Crippen LogP contribution in [-0.2, 0) is 26.4 Å². The number of aryl methyl sites for hydroxylation is 1. The average Bonchev–Trinajstić information content (AvgIpc) is 3.33. The van der Waals surface area contributed by atoms with Crippen LogP contribution < -0.4 is 10.6 Å². The van der Waals surface area contributed by atoms with Crippen molar-refractivity contribution in [3.05, 3.63) is 42.6 Å². The van der Waals surface area contributed by atoms with Crippen LogP contribution in [-0.4, -0.2) is 57.4 Å². The molecular weight excluding hydrogens is 575 g/mol. The Hall–Kier alpha value is -3.98. The Bertz CT molecular complexity index is 1780. The first-order chi connectivity index (χ1) is 20.0. The van der Waals surface area contributed by atoms with E-state index in [4.69, 9.17) is 4.74 Å². The van der Waals surface area contributed by atoms with Crippen molar-refractivity contribution in [3.63, 3.8) is 0 Å². The summed E-state index contributed by atoms with van der Waals surface area (Å²) in [7, 11) is -2.00. The van der Waals surface area contributed by atoms with Crippen LogP contribution in [0.4, 0.5) is 30.4 Å². The number of sulfone groups is 1. The van der Waals surface area contributed by atoms with Gasteiger partial charge in [-0.05, 0) is 37.8 Å². The van der Waals surface area contributed by atoms with E-state index in [0.717, 1.165) is 19.1 Å². The van der Waals surface area contributed by atoms with Crippen molar-refractivity contribution >= 4 is 44.1 Å². The number of benzene rings is 1. The van der Waals surface area contributed by atoms with E-state index < -0.39 is 46.3 Å². The van der Waals surface area contributed by atoms with Crippen LogP contribution in [0, 0.1) is 5.92 Å². The highest BCUT2D eigenvalue weighted by Crippen LogP contribution is 2.39. The van der Waals surface area contributed by atoms with Gasteiger partial charge in [-0.2, -0.15) is 0 Å². The molecule has 0 radical (unpaired) electrons. The third-order valence-electron chi connectivity index (χ3n) is 7.27. The van der Waals surface area contributed by atoms with Crippen molar-refractivity contribution < 1.29 is 31.1 Å². The van der Waals surface area contributed by atoms with E-state index in [-0.39, 0.29) is 39.7 Å². The molecule has 1 saturated heterocycles. The van der Waals surface area contributed by atoms with Crippen LogP contribution in [0.1, 0.15) is 44.2 Å². The molecule has 1 unspecified atom stereocenters. The predicted octanol–water partition coefficient (Wildman–Crippen LogP) is 4.91. The highest BCUT2D eigenvalue weighted by atomic mass is 32.2. The van der Waals surface area contributed by atoms with Crippen LogP contribution in [0.2, 0.25) is 0 Å². The number of hydrogen-bond donors (Lipinski definition) is 2. The van der Waals surface area contributed by atoms with Gasteiger partial charge >= 0.3 is 0 Å². The van der Waals surface area contributed by atoms with Gasteiger partial charge in [0.05, 0.1) is 34.2 Å². The van der Waals surface area contributed by atoms with Crippen molar-refractivity contribution in [1.82, 2.24) is 24.1 Å². The minimum absolute atomic E-state index is 0.0103. The van der Waals surface area contributed by atoms with Crippen LogP contribution in [0.25, 0.3) is 22.4 Å². The molecule has 222 valence electrons. The molecule has 3 aromatic heterocycles. The first-order valence-corrected chi connectivity index (χ1v) is 15.3. The Kier molecular flexibility index (Phi) is 7.17. The van der Waals surface area contributed by atoms with Gasteiger partial charge in [-0.3, -0.25) is 9.36 Å². The molecule has 42 heavy (non-hydrogen) atoms. The third-order valence-corrected chi connectivity index (χ3v) is 8.40. The summed E-state index contributed by atoms with van der Waals surface area (Å²) in [6.07, 6.45) is 1.45. The van der Waals surface area contributed by atoms with Crippen molar-refractivity contribution in [3.8, 4) is 11.3 Å². The first kappa shape index (κ1) is 28.2. The van der Waals surface area contributed by atoms with Gasteiger partial charge in [0, 0.05) is 37.7 Å². The van der Waals surface area contributed by atoms with Crippen LogP contribution >= 0.6 is 0 Å². The largest absolute Gasteiger partial charge is 0.358 e. The van der Waals surface area contributed by atoms with Crippen LogP contribution in [0.15, 0.2) is 41.7 Å². The number of imidazole rings is 2. The number of halogens is 3. The Morgan fingerprint density at radius 3 is 2.57 bits per heavy atom. The van der Waals surface area contributed by atoms with Crippen LogP contribution in [0.3, 0.4) is 0 Å². The fourth-order valence-corrected chi connectivity index (χ4v) is 5.92. The number of aromatic nitrogens is 5. The summed E-state index contributed by atoms with van der Waals surface area (Å²) in [5.41, 5.74) is 1.42. The number of hydrogen-bond acceptors (Lipinski definition) is 8. The highest BCUT2D eigenvalue weighted by Gasteiger charge is 2.44. The zero-order valence-electron chi connectivity index (χ0n) is 22.7. The second kappa shape index (κ2) is 10.7. The van der Waals surface area contributed by atoms with Gasteiger partial charge in [0.15, 0.2) is 21.3 Å². The SMILES string of the molecule is Cn1cnc(-c2ccc(Nc3cc(NC(=O)[C@H]4C[C@H]4F)nc4c3nc(C(F)F)n4C3CCCCO3)c(S(C)(=O)=O)c2)c1. The smallest absolute Gasteiger partial charge is 0.295 e. The highest BCUT2D eigenvalue weighted by molar-refractivity contribution is 7.90. The zero-order chi connectivity index (χ0) is 29.8. The van der Waals surface area contributed by atoms with E-state index in [2.05, 4.69) is 25.6 Å². The third kappa shape index (κ3) is 5.45. The van der Waals surface area contributed by atoms with Gasteiger partial charge in [-0.15, -0.1) is 0 Å². The second-order valence-electron chi connectivity index (χ2n) is 10.6.